The summed E-state index contributed by atoms with van der Waals surface area (Å²) >= 11 is 0. The molecule has 126 valence electrons. The zero-order valence-corrected chi connectivity index (χ0v) is 14.6. The fourth-order valence-electron chi connectivity index (χ4n) is 3.66. The molecule has 23 heavy (non-hydrogen) atoms. The van der Waals surface area contributed by atoms with Crippen LogP contribution in [-0.4, -0.2) is 34.8 Å². The molecule has 2 atom stereocenters. The molecule has 0 unspecified atom stereocenters. The predicted molar refractivity (Wildman–Crippen MR) is 89.8 cm³/mol. The zero-order valence-electron chi connectivity index (χ0n) is 14.6. The van der Waals surface area contributed by atoms with E-state index in [0.29, 0.717) is 6.54 Å². The highest BCUT2D eigenvalue weighted by Crippen LogP contribution is 2.41. The molecule has 1 aromatic carbocycles. The normalized spacial score (nSPS) is 27.3. The van der Waals surface area contributed by atoms with Crippen LogP contribution in [0.15, 0.2) is 24.3 Å². The molecule has 4 nitrogen and oxygen atoms in total. The third kappa shape index (κ3) is 3.46. The van der Waals surface area contributed by atoms with E-state index in [4.69, 9.17) is 9.47 Å². The van der Waals surface area contributed by atoms with E-state index in [1.54, 1.807) is 0 Å². The average molecular weight is 317 g/mol. The number of benzene rings is 1. The Morgan fingerprint density at radius 1 is 1.30 bits per heavy atom. The molecule has 2 aliphatic rings. The minimum atomic E-state index is -0.452. The molecule has 2 heterocycles. The summed E-state index contributed by atoms with van der Waals surface area (Å²) in [6.07, 6.45) is 3.59. The Balaban J connectivity index is 1.68. The van der Waals surface area contributed by atoms with Crippen LogP contribution in [0.1, 0.15) is 52.5 Å². The number of hydrogen-bond acceptors (Lipinski definition) is 3. The first-order chi connectivity index (χ1) is 10.8. The topological polar surface area (TPSA) is 38.8 Å². The molecule has 0 aromatic heterocycles. The molecule has 4 heteroatoms. The van der Waals surface area contributed by atoms with Crippen molar-refractivity contribution in [1.82, 2.24) is 4.90 Å². The lowest BCUT2D eigenvalue weighted by Gasteiger charge is -2.47. The van der Waals surface area contributed by atoms with Crippen molar-refractivity contribution in [1.29, 1.82) is 0 Å². The molecular formula is C19H27NO3. The number of rotatable bonds is 0. The van der Waals surface area contributed by atoms with Crippen LogP contribution in [0.3, 0.4) is 0 Å². The maximum atomic E-state index is 12.4. The third-order valence-electron chi connectivity index (χ3n) is 4.78. The van der Waals surface area contributed by atoms with Crippen LogP contribution in [0, 0.1) is 0 Å². The van der Waals surface area contributed by atoms with E-state index >= 15 is 0 Å². The first-order valence-electron chi connectivity index (χ1n) is 8.55. The molecule has 0 aliphatic carbocycles. The molecule has 2 aliphatic heterocycles. The second-order valence-electron chi connectivity index (χ2n) is 7.87. The maximum Gasteiger partial charge on any atom is 0.410 e. The largest absolute Gasteiger partial charge is 0.487 e. The summed E-state index contributed by atoms with van der Waals surface area (Å²) in [6, 6.07) is 8.41. The van der Waals surface area contributed by atoms with Crippen LogP contribution in [0.25, 0.3) is 0 Å². The molecule has 3 rings (SSSR count). The summed E-state index contributed by atoms with van der Waals surface area (Å²) < 4.78 is 11.9. The summed E-state index contributed by atoms with van der Waals surface area (Å²) in [4.78, 5) is 14.2. The molecule has 1 aromatic rings. The van der Waals surface area contributed by atoms with Crippen LogP contribution in [0.4, 0.5) is 4.79 Å². The Morgan fingerprint density at radius 3 is 2.74 bits per heavy atom. The van der Waals surface area contributed by atoms with E-state index in [0.717, 1.165) is 31.4 Å². The lowest BCUT2D eigenvalue weighted by molar-refractivity contribution is -0.0458. The van der Waals surface area contributed by atoms with Crippen molar-refractivity contribution < 1.29 is 14.3 Å². The van der Waals surface area contributed by atoms with Crippen molar-refractivity contribution in [3.63, 3.8) is 0 Å². The quantitative estimate of drug-likeness (QED) is 0.721. The van der Waals surface area contributed by atoms with Crippen LogP contribution in [0.5, 0.6) is 5.75 Å². The van der Waals surface area contributed by atoms with Gasteiger partial charge in [-0.25, -0.2) is 4.79 Å². The van der Waals surface area contributed by atoms with E-state index in [9.17, 15) is 4.79 Å². The van der Waals surface area contributed by atoms with Gasteiger partial charge in [0, 0.05) is 25.4 Å². The highest BCUT2D eigenvalue weighted by atomic mass is 16.6. The summed E-state index contributed by atoms with van der Waals surface area (Å²) in [5.74, 6) is 1.01. The van der Waals surface area contributed by atoms with Gasteiger partial charge in [-0.05, 0) is 52.2 Å². The predicted octanol–water partition coefficient (Wildman–Crippen LogP) is 4.17. The summed E-state index contributed by atoms with van der Waals surface area (Å²) in [7, 11) is 0. The van der Waals surface area contributed by atoms with Crippen molar-refractivity contribution in [3.8, 4) is 5.75 Å². The van der Waals surface area contributed by atoms with Crippen molar-refractivity contribution in [2.24, 2.45) is 0 Å². The second-order valence-corrected chi connectivity index (χ2v) is 7.87. The molecule has 1 saturated heterocycles. The smallest absolute Gasteiger partial charge is 0.410 e. The fraction of sp³-hybridized carbons (Fsp3) is 0.632. The molecule has 0 bridgehead atoms. The van der Waals surface area contributed by atoms with Gasteiger partial charge in [0.05, 0.1) is 0 Å². The van der Waals surface area contributed by atoms with E-state index in [1.165, 1.54) is 5.56 Å². The highest BCUT2D eigenvalue weighted by Gasteiger charge is 2.44. The number of fused-ring (bicyclic) bond motifs is 1. The Morgan fingerprint density at radius 2 is 2.04 bits per heavy atom. The number of carbonyl (C=O) groups is 1. The van der Waals surface area contributed by atoms with E-state index in [-0.39, 0.29) is 17.7 Å². The molecule has 0 radical (unpaired) electrons. The van der Waals surface area contributed by atoms with Crippen molar-refractivity contribution in [2.45, 2.75) is 70.6 Å². The van der Waals surface area contributed by atoms with E-state index < -0.39 is 5.60 Å². The van der Waals surface area contributed by atoms with E-state index in [2.05, 4.69) is 25.1 Å². The Hall–Kier alpha value is -1.71. The Bertz CT molecular complexity index is 593. The highest BCUT2D eigenvalue weighted by molar-refractivity contribution is 5.68. The fourth-order valence-corrected chi connectivity index (χ4v) is 3.66. The van der Waals surface area contributed by atoms with Gasteiger partial charge in [-0.2, -0.15) is 0 Å². The average Bonchev–Trinajstić information content (AvgIpc) is 2.45. The maximum absolute atomic E-state index is 12.4. The van der Waals surface area contributed by atoms with Crippen molar-refractivity contribution in [2.75, 3.05) is 6.54 Å². The van der Waals surface area contributed by atoms with Gasteiger partial charge in [0.25, 0.3) is 0 Å². The Kier molecular flexibility index (Phi) is 4.03. The van der Waals surface area contributed by atoms with Gasteiger partial charge in [-0.1, -0.05) is 18.2 Å². The summed E-state index contributed by atoms with van der Waals surface area (Å²) in [5, 5.41) is 0. The van der Waals surface area contributed by atoms with Crippen LogP contribution < -0.4 is 4.74 Å². The van der Waals surface area contributed by atoms with Crippen LogP contribution in [-0.2, 0) is 11.2 Å². The number of likely N-dealkylation sites (tertiary alicyclic amines) is 1. The Labute approximate surface area is 138 Å². The standard InChI is InChI=1S/C19H27NO3/c1-14-13-19(10-9-15-7-5-6-8-16(15)22-19)11-12-20(14)17(21)23-18(2,3)4/h5-8,14H,9-13H2,1-4H3/t14-,19+/m1/s1. The lowest BCUT2D eigenvalue weighted by Crippen LogP contribution is -2.55. The van der Waals surface area contributed by atoms with Gasteiger partial charge in [-0.3, -0.25) is 0 Å². The van der Waals surface area contributed by atoms with Gasteiger partial charge < -0.3 is 14.4 Å². The number of nitrogens with zero attached hydrogens (tertiary/aromatic N) is 1. The summed E-state index contributed by atoms with van der Waals surface area (Å²) in [6.45, 7) is 8.50. The lowest BCUT2D eigenvalue weighted by atomic mass is 9.80. The van der Waals surface area contributed by atoms with Gasteiger partial charge in [0.1, 0.15) is 17.0 Å². The number of ether oxygens (including phenoxy) is 2. The SMILES string of the molecule is C[C@@H]1C[C@]2(CCc3ccccc3O2)CCN1C(=O)OC(C)(C)C. The molecule has 1 spiro atoms. The number of aryl methyl sites for hydroxylation is 1. The molecule has 0 saturated carbocycles. The molecular weight excluding hydrogens is 290 g/mol. The third-order valence-corrected chi connectivity index (χ3v) is 4.78. The second kappa shape index (κ2) is 5.73. The van der Waals surface area contributed by atoms with Gasteiger partial charge in [0.2, 0.25) is 0 Å². The summed E-state index contributed by atoms with van der Waals surface area (Å²) in [5.41, 5.74) is 0.707. The molecule has 1 amide bonds. The molecule has 1 fully saturated rings. The number of piperidine rings is 1. The van der Waals surface area contributed by atoms with Crippen molar-refractivity contribution >= 4 is 6.09 Å². The number of amides is 1. The number of carbonyl (C=O) groups excluding carboxylic acids is 1. The first kappa shape index (κ1) is 16.2. The monoisotopic (exact) mass is 317 g/mol. The molecule has 0 N–H and O–H groups in total. The van der Waals surface area contributed by atoms with Crippen LogP contribution >= 0.6 is 0 Å². The van der Waals surface area contributed by atoms with Crippen LogP contribution in [0.2, 0.25) is 0 Å². The van der Waals surface area contributed by atoms with Gasteiger partial charge in [-0.15, -0.1) is 0 Å². The minimum absolute atomic E-state index is 0.129. The number of para-hydroxylation sites is 1. The first-order valence-corrected chi connectivity index (χ1v) is 8.55. The minimum Gasteiger partial charge on any atom is -0.487 e. The van der Waals surface area contributed by atoms with Gasteiger partial charge in [0.15, 0.2) is 0 Å². The van der Waals surface area contributed by atoms with E-state index in [1.807, 2.05) is 31.7 Å². The number of hydrogen-bond donors (Lipinski definition) is 0. The zero-order chi connectivity index (χ0) is 16.7. The van der Waals surface area contributed by atoms with Crippen molar-refractivity contribution in [3.05, 3.63) is 29.8 Å². The van der Waals surface area contributed by atoms with Gasteiger partial charge >= 0.3 is 6.09 Å².